The van der Waals surface area contributed by atoms with Crippen molar-refractivity contribution in [1.29, 1.82) is 0 Å². The summed E-state index contributed by atoms with van der Waals surface area (Å²) in [5.74, 6) is 0. The van der Waals surface area contributed by atoms with Gasteiger partial charge >= 0.3 is 0 Å². The molecule has 0 N–H and O–H groups in total. The van der Waals surface area contributed by atoms with Crippen LogP contribution in [0.15, 0.2) is 249 Å². The summed E-state index contributed by atoms with van der Waals surface area (Å²) in [6.45, 7) is 0. The lowest BCUT2D eigenvalue weighted by Crippen LogP contribution is -2.09. The third-order valence-corrected chi connectivity index (χ3v) is 12.1. The van der Waals surface area contributed by atoms with E-state index in [0.717, 1.165) is 17.1 Å². The van der Waals surface area contributed by atoms with Crippen LogP contribution in [0.3, 0.4) is 0 Å². The Labute approximate surface area is 357 Å². The van der Waals surface area contributed by atoms with Crippen LogP contribution in [-0.4, -0.2) is 0 Å². The number of hydrogen-bond donors (Lipinski definition) is 0. The van der Waals surface area contributed by atoms with Gasteiger partial charge in [0.1, 0.15) is 0 Å². The van der Waals surface area contributed by atoms with E-state index in [1.54, 1.807) is 0 Å². The van der Waals surface area contributed by atoms with Gasteiger partial charge in [-0.3, -0.25) is 0 Å². The molecule has 0 radical (unpaired) electrons. The molecule has 0 saturated carbocycles. The molecule has 61 heavy (non-hydrogen) atoms. The summed E-state index contributed by atoms with van der Waals surface area (Å²) in [4.78, 5) is 2.36. The highest BCUT2D eigenvalue weighted by molar-refractivity contribution is 6.01. The van der Waals surface area contributed by atoms with Crippen LogP contribution in [0.25, 0.3) is 88.0 Å². The summed E-state index contributed by atoms with van der Waals surface area (Å²) in [6, 6.07) is 90.5. The molecule has 0 aliphatic rings. The maximum absolute atomic E-state index is 2.36. The van der Waals surface area contributed by atoms with Crippen LogP contribution >= 0.6 is 0 Å². The highest BCUT2D eigenvalue weighted by Crippen LogP contribution is 2.41. The summed E-state index contributed by atoms with van der Waals surface area (Å²) < 4.78 is 0. The highest BCUT2D eigenvalue weighted by atomic mass is 15.1. The second-order valence-electron chi connectivity index (χ2n) is 15.8. The fourth-order valence-corrected chi connectivity index (χ4v) is 8.87. The predicted molar refractivity (Wildman–Crippen MR) is 261 cm³/mol. The van der Waals surface area contributed by atoms with Gasteiger partial charge in [-0.1, -0.05) is 194 Å². The highest BCUT2D eigenvalue weighted by Gasteiger charge is 2.16. The average Bonchev–Trinajstić information content (AvgIpc) is 3.34. The van der Waals surface area contributed by atoms with Crippen LogP contribution in [-0.2, 0) is 0 Å². The first-order valence-electron chi connectivity index (χ1n) is 21.0. The second kappa shape index (κ2) is 15.6. The Bertz CT molecular complexity index is 3200. The van der Waals surface area contributed by atoms with Gasteiger partial charge in [-0.2, -0.15) is 0 Å². The molecule has 0 bridgehead atoms. The van der Waals surface area contributed by atoms with Gasteiger partial charge in [-0.15, -0.1) is 0 Å². The maximum atomic E-state index is 2.36. The Morgan fingerprint density at radius 1 is 0.197 bits per heavy atom. The van der Waals surface area contributed by atoms with E-state index in [9.17, 15) is 0 Å². The summed E-state index contributed by atoms with van der Waals surface area (Å²) in [6.07, 6.45) is 0. The molecule has 0 atom stereocenters. The summed E-state index contributed by atoms with van der Waals surface area (Å²) in [7, 11) is 0. The number of nitrogens with zero attached hydrogens (tertiary/aromatic N) is 1. The van der Waals surface area contributed by atoms with E-state index >= 15 is 0 Å². The molecule has 0 aromatic heterocycles. The molecule has 0 heterocycles. The average molecular weight is 776 g/mol. The number of hydrogen-bond acceptors (Lipinski definition) is 1. The van der Waals surface area contributed by atoms with Crippen molar-refractivity contribution in [2.24, 2.45) is 0 Å². The first kappa shape index (κ1) is 36.1. The number of rotatable bonds is 8. The first-order valence-corrected chi connectivity index (χ1v) is 21.0. The minimum absolute atomic E-state index is 1.09. The third kappa shape index (κ3) is 7.03. The van der Waals surface area contributed by atoms with Gasteiger partial charge in [-0.25, -0.2) is 0 Å². The Kier molecular flexibility index (Phi) is 9.26. The van der Waals surface area contributed by atoms with Crippen molar-refractivity contribution in [3.63, 3.8) is 0 Å². The van der Waals surface area contributed by atoms with E-state index in [-0.39, 0.29) is 0 Å². The maximum Gasteiger partial charge on any atom is 0.0462 e. The van der Waals surface area contributed by atoms with Gasteiger partial charge in [-0.05, 0) is 143 Å². The van der Waals surface area contributed by atoms with E-state index < -0.39 is 0 Å². The van der Waals surface area contributed by atoms with E-state index in [2.05, 4.69) is 254 Å². The number of benzene rings is 11. The van der Waals surface area contributed by atoms with Crippen molar-refractivity contribution in [3.8, 4) is 55.6 Å². The zero-order valence-corrected chi connectivity index (χ0v) is 33.6. The molecule has 0 unspecified atom stereocenters. The molecule has 0 amide bonds. The molecular formula is C60H41N. The Hall–Kier alpha value is -8.00. The molecule has 11 rings (SSSR count). The van der Waals surface area contributed by atoms with Gasteiger partial charge in [0.2, 0.25) is 0 Å². The van der Waals surface area contributed by atoms with Crippen LogP contribution in [0.2, 0.25) is 0 Å². The van der Waals surface area contributed by atoms with Crippen molar-refractivity contribution in [2.75, 3.05) is 4.90 Å². The molecular weight excluding hydrogens is 735 g/mol. The van der Waals surface area contributed by atoms with Crippen molar-refractivity contribution in [2.45, 2.75) is 0 Å². The number of fused-ring (bicyclic) bond motifs is 3. The lowest BCUT2D eigenvalue weighted by Gasteiger charge is -2.26. The molecule has 286 valence electrons. The van der Waals surface area contributed by atoms with Gasteiger partial charge in [0, 0.05) is 17.1 Å². The van der Waals surface area contributed by atoms with E-state index in [4.69, 9.17) is 0 Å². The predicted octanol–water partition coefficient (Wildman–Crippen LogP) is 17.0. The fraction of sp³-hybridized carbons (Fsp3) is 0. The van der Waals surface area contributed by atoms with Crippen molar-refractivity contribution < 1.29 is 0 Å². The van der Waals surface area contributed by atoms with Crippen molar-refractivity contribution in [1.82, 2.24) is 0 Å². The molecule has 0 fully saturated rings. The minimum Gasteiger partial charge on any atom is -0.311 e. The summed E-state index contributed by atoms with van der Waals surface area (Å²) >= 11 is 0. The Morgan fingerprint density at radius 2 is 0.607 bits per heavy atom. The monoisotopic (exact) mass is 775 g/mol. The second-order valence-corrected chi connectivity index (χ2v) is 15.8. The van der Waals surface area contributed by atoms with Gasteiger partial charge in [0.05, 0.1) is 0 Å². The first-order chi connectivity index (χ1) is 30.2. The fourth-order valence-electron chi connectivity index (χ4n) is 8.87. The molecule has 11 aromatic carbocycles. The molecule has 0 aliphatic heterocycles. The van der Waals surface area contributed by atoms with E-state index in [0.29, 0.717) is 0 Å². The van der Waals surface area contributed by atoms with Gasteiger partial charge < -0.3 is 4.90 Å². The van der Waals surface area contributed by atoms with E-state index in [1.165, 1.54) is 88.0 Å². The molecule has 0 saturated heterocycles. The topological polar surface area (TPSA) is 3.24 Å². The van der Waals surface area contributed by atoms with Crippen molar-refractivity contribution >= 4 is 49.4 Å². The Balaban J connectivity index is 0.973. The molecule has 1 nitrogen and oxygen atoms in total. The molecule has 11 aromatic rings. The smallest absolute Gasteiger partial charge is 0.0462 e. The van der Waals surface area contributed by atoms with Crippen molar-refractivity contribution in [3.05, 3.63) is 249 Å². The minimum atomic E-state index is 1.09. The molecule has 1 heteroatoms. The largest absolute Gasteiger partial charge is 0.311 e. The van der Waals surface area contributed by atoms with Gasteiger partial charge in [0.15, 0.2) is 0 Å². The normalized spacial score (nSPS) is 11.3. The van der Waals surface area contributed by atoms with Crippen LogP contribution in [0.4, 0.5) is 17.1 Å². The quantitative estimate of drug-likeness (QED) is 0.149. The van der Waals surface area contributed by atoms with Gasteiger partial charge in [0.25, 0.3) is 0 Å². The van der Waals surface area contributed by atoms with Crippen LogP contribution < -0.4 is 4.90 Å². The Morgan fingerprint density at radius 3 is 1.15 bits per heavy atom. The summed E-state index contributed by atoms with van der Waals surface area (Å²) in [5, 5.41) is 7.50. The zero-order chi connectivity index (χ0) is 40.5. The third-order valence-electron chi connectivity index (χ3n) is 12.1. The lowest BCUT2D eigenvalue weighted by molar-refractivity contribution is 1.28. The number of anilines is 3. The SMILES string of the molecule is c1ccc(-c2cc(-c3ccc(N(c4ccc(-c5ccc6ccccc6c5)cc4)c4ccc(-c5ccc6ccccc6c5)cc4)cc3)ccc2-c2cccc3ccccc23)cc1. The molecule has 0 aliphatic carbocycles. The molecule has 0 spiro atoms. The van der Waals surface area contributed by atoms with Crippen LogP contribution in [0.1, 0.15) is 0 Å². The lowest BCUT2D eigenvalue weighted by atomic mass is 9.89. The van der Waals surface area contributed by atoms with E-state index in [1.807, 2.05) is 0 Å². The standard InChI is InChI=1S/C60H41N/c1-2-13-48(14-3-1)60-41-53(31-38-59(60)58-20-10-18-47-15-8-9-19-57(47)58)46-29-36-56(37-30-46)61(54-32-25-44(26-33-54)51-23-21-42-11-4-6-16-49(42)39-51)55-34-27-45(28-35-55)52-24-22-43-12-5-7-17-50(43)40-52/h1-41H. The zero-order valence-electron chi connectivity index (χ0n) is 33.6. The van der Waals surface area contributed by atoms with Crippen LogP contribution in [0.5, 0.6) is 0 Å². The summed E-state index contributed by atoms with van der Waals surface area (Å²) in [5.41, 5.74) is 15.3. The van der Waals surface area contributed by atoms with Crippen LogP contribution in [0, 0.1) is 0 Å².